The quantitative estimate of drug-likeness (QED) is 0.844. The third-order valence-corrected chi connectivity index (χ3v) is 4.38. The van der Waals surface area contributed by atoms with Gasteiger partial charge >= 0.3 is 0 Å². The van der Waals surface area contributed by atoms with E-state index in [-0.39, 0.29) is 0 Å². The smallest absolute Gasteiger partial charge is 0.185 e. The predicted molar refractivity (Wildman–Crippen MR) is 87.4 cm³/mol. The highest BCUT2D eigenvalue weighted by Gasteiger charge is 2.07. The number of aryl methyl sites for hydroxylation is 1. The predicted octanol–water partition coefficient (Wildman–Crippen LogP) is 3.59. The average molecular weight is 289 g/mol. The summed E-state index contributed by atoms with van der Waals surface area (Å²) in [5, 5.41) is 4.60. The zero-order valence-corrected chi connectivity index (χ0v) is 13.3. The minimum atomic E-state index is 0.882. The molecule has 20 heavy (non-hydrogen) atoms. The number of hydrogen-bond donors (Lipinski definition) is 1. The van der Waals surface area contributed by atoms with Crippen LogP contribution in [0.25, 0.3) is 0 Å². The maximum atomic E-state index is 4.50. The molecule has 1 aromatic heterocycles. The maximum absolute atomic E-state index is 4.50. The minimum absolute atomic E-state index is 0.882. The van der Waals surface area contributed by atoms with Crippen LogP contribution in [0.4, 0.5) is 5.13 Å². The molecule has 0 saturated heterocycles. The molecule has 4 heteroatoms. The summed E-state index contributed by atoms with van der Waals surface area (Å²) in [6, 6.07) is 8.66. The molecule has 1 aromatic carbocycles. The molecule has 2 aromatic rings. The van der Waals surface area contributed by atoms with Gasteiger partial charge in [-0.05, 0) is 26.3 Å². The topological polar surface area (TPSA) is 28.2 Å². The number of aromatic nitrogens is 1. The first-order valence-corrected chi connectivity index (χ1v) is 8.00. The monoisotopic (exact) mass is 289 g/mol. The molecular weight excluding hydrogens is 266 g/mol. The molecule has 0 fully saturated rings. The highest BCUT2D eigenvalue weighted by molar-refractivity contribution is 7.15. The Balaban J connectivity index is 1.84. The van der Waals surface area contributed by atoms with Gasteiger partial charge in [0.25, 0.3) is 0 Å². The largest absolute Gasteiger partial charge is 0.349 e. The van der Waals surface area contributed by atoms with E-state index in [1.807, 2.05) is 6.20 Å². The molecule has 0 bridgehead atoms. The van der Waals surface area contributed by atoms with Gasteiger partial charge in [-0.25, -0.2) is 4.98 Å². The molecule has 0 aliphatic rings. The van der Waals surface area contributed by atoms with Crippen LogP contribution in [0.5, 0.6) is 0 Å². The van der Waals surface area contributed by atoms with Gasteiger partial charge < -0.3 is 10.2 Å². The van der Waals surface area contributed by atoms with Crippen molar-refractivity contribution in [3.05, 3.63) is 46.5 Å². The van der Waals surface area contributed by atoms with Gasteiger partial charge in [-0.1, -0.05) is 29.8 Å². The SMILES string of the molecule is CCN(CC)c1ncc(CNCc2ccc(C)cc2)s1. The normalized spacial score (nSPS) is 10.8. The Morgan fingerprint density at radius 3 is 2.45 bits per heavy atom. The Bertz CT molecular complexity index is 515. The summed E-state index contributed by atoms with van der Waals surface area (Å²) in [4.78, 5) is 8.08. The van der Waals surface area contributed by atoms with Crippen LogP contribution < -0.4 is 10.2 Å². The van der Waals surface area contributed by atoms with Gasteiger partial charge in [0.15, 0.2) is 5.13 Å². The van der Waals surface area contributed by atoms with Crippen molar-refractivity contribution >= 4 is 16.5 Å². The molecule has 0 spiro atoms. The lowest BCUT2D eigenvalue weighted by Gasteiger charge is -2.16. The second-order valence-corrected chi connectivity index (χ2v) is 5.96. The molecule has 0 amide bonds. The summed E-state index contributed by atoms with van der Waals surface area (Å²) in [7, 11) is 0. The third-order valence-electron chi connectivity index (χ3n) is 3.32. The van der Waals surface area contributed by atoms with Crippen molar-refractivity contribution in [2.75, 3.05) is 18.0 Å². The first-order valence-electron chi connectivity index (χ1n) is 7.18. The van der Waals surface area contributed by atoms with Crippen LogP contribution in [0, 0.1) is 6.92 Å². The van der Waals surface area contributed by atoms with E-state index in [1.54, 1.807) is 11.3 Å². The second kappa shape index (κ2) is 7.41. The molecule has 0 unspecified atom stereocenters. The fraction of sp³-hybridized carbons (Fsp3) is 0.438. The van der Waals surface area contributed by atoms with Gasteiger partial charge in [-0.15, -0.1) is 11.3 Å². The summed E-state index contributed by atoms with van der Waals surface area (Å²) < 4.78 is 0. The zero-order valence-electron chi connectivity index (χ0n) is 12.5. The van der Waals surface area contributed by atoms with Crippen molar-refractivity contribution in [1.29, 1.82) is 0 Å². The first-order chi connectivity index (χ1) is 9.72. The number of nitrogens with zero attached hydrogens (tertiary/aromatic N) is 2. The van der Waals surface area contributed by atoms with Gasteiger partial charge in [0.05, 0.1) is 0 Å². The van der Waals surface area contributed by atoms with E-state index in [0.717, 1.165) is 31.3 Å². The molecule has 2 rings (SSSR count). The Kier molecular flexibility index (Phi) is 5.56. The molecule has 0 aliphatic heterocycles. The summed E-state index contributed by atoms with van der Waals surface area (Å²) in [5.74, 6) is 0. The number of benzene rings is 1. The van der Waals surface area contributed by atoms with E-state index < -0.39 is 0 Å². The van der Waals surface area contributed by atoms with Gasteiger partial charge in [0.2, 0.25) is 0 Å². The number of rotatable bonds is 7. The summed E-state index contributed by atoms with van der Waals surface area (Å²) in [6.07, 6.45) is 1.99. The van der Waals surface area contributed by atoms with Crippen molar-refractivity contribution in [1.82, 2.24) is 10.3 Å². The van der Waals surface area contributed by atoms with Gasteiger partial charge in [0, 0.05) is 37.3 Å². The van der Waals surface area contributed by atoms with E-state index in [4.69, 9.17) is 0 Å². The van der Waals surface area contributed by atoms with Crippen molar-refractivity contribution in [2.45, 2.75) is 33.9 Å². The van der Waals surface area contributed by atoms with E-state index in [2.05, 4.69) is 60.2 Å². The first kappa shape index (κ1) is 15.0. The fourth-order valence-electron chi connectivity index (χ4n) is 2.06. The third kappa shape index (κ3) is 4.05. The molecule has 3 nitrogen and oxygen atoms in total. The Labute approximate surface area is 125 Å². The molecule has 1 heterocycles. The molecule has 0 atom stereocenters. The van der Waals surface area contributed by atoms with Crippen molar-refractivity contribution in [3.8, 4) is 0 Å². The number of nitrogens with one attached hydrogen (secondary N) is 1. The van der Waals surface area contributed by atoms with Gasteiger partial charge in [0.1, 0.15) is 0 Å². The number of hydrogen-bond acceptors (Lipinski definition) is 4. The molecular formula is C16H23N3S. The summed E-state index contributed by atoms with van der Waals surface area (Å²) in [6.45, 7) is 10.3. The van der Waals surface area contributed by atoms with Crippen LogP contribution >= 0.6 is 11.3 Å². The van der Waals surface area contributed by atoms with Crippen molar-refractivity contribution < 1.29 is 0 Å². The van der Waals surface area contributed by atoms with Crippen molar-refractivity contribution in [3.63, 3.8) is 0 Å². The lowest BCUT2D eigenvalue weighted by atomic mass is 10.1. The van der Waals surface area contributed by atoms with Gasteiger partial charge in [-0.2, -0.15) is 0 Å². The Morgan fingerprint density at radius 1 is 1.10 bits per heavy atom. The van der Waals surface area contributed by atoms with Crippen LogP contribution in [0.1, 0.15) is 29.9 Å². The van der Waals surface area contributed by atoms with Crippen LogP contribution in [-0.4, -0.2) is 18.1 Å². The molecule has 108 valence electrons. The molecule has 0 radical (unpaired) electrons. The van der Waals surface area contributed by atoms with Crippen molar-refractivity contribution in [2.24, 2.45) is 0 Å². The number of anilines is 1. The maximum Gasteiger partial charge on any atom is 0.185 e. The minimum Gasteiger partial charge on any atom is -0.349 e. The number of thiazole rings is 1. The Hall–Kier alpha value is -1.39. The fourth-order valence-corrected chi connectivity index (χ4v) is 3.06. The molecule has 0 aliphatic carbocycles. The standard InChI is InChI=1S/C16H23N3S/c1-4-19(5-2)16-18-12-15(20-16)11-17-10-14-8-6-13(3)7-9-14/h6-9,12,17H,4-5,10-11H2,1-3H3. The lowest BCUT2D eigenvalue weighted by Crippen LogP contribution is -2.21. The highest BCUT2D eigenvalue weighted by Crippen LogP contribution is 2.22. The van der Waals surface area contributed by atoms with Crippen LogP contribution in [0.15, 0.2) is 30.5 Å². The van der Waals surface area contributed by atoms with E-state index in [9.17, 15) is 0 Å². The lowest BCUT2D eigenvalue weighted by molar-refractivity contribution is 0.700. The molecule has 0 saturated carbocycles. The highest BCUT2D eigenvalue weighted by atomic mass is 32.1. The van der Waals surface area contributed by atoms with Crippen LogP contribution in [-0.2, 0) is 13.1 Å². The summed E-state index contributed by atoms with van der Waals surface area (Å²) >= 11 is 1.78. The second-order valence-electron chi connectivity index (χ2n) is 4.87. The van der Waals surface area contributed by atoms with E-state index in [1.165, 1.54) is 16.0 Å². The summed E-state index contributed by atoms with van der Waals surface area (Å²) in [5.41, 5.74) is 2.63. The van der Waals surface area contributed by atoms with Crippen LogP contribution in [0.3, 0.4) is 0 Å². The van der Waals surface area contributed by atoms with Gasteiger partial charge in [-0.3, -0.25) is 0 Å². The van der Waals surface area contributed by atoms with Crippen LogP contribution in [0.2, 0.25) is 0 Å². The zero-order chi connectivity index (χ0) is 14.4. The van der Waals surface area contributed by atoms with E-state index >= 15 is 0 Å². The Morgan fingerprint density at radius 2 is 1.80 bits per heavy atom. The molecule has 1 N–H and O–H groups in total. The van der Waals surface area contributed by atoms with E-state index in [0.29, 0.717) is 0 Å². The average Bonchev–Trinajstić information content (AvgIpc) is 2.91.